The van der Waals surface area contributed by atoms with Gasteiger partial charge in [0.15, 0.2) is 11.6 Å². The summed E-state index contributed by atoms with van der Waals surface area (Å²) in [6, 6.07) is 12.9. The summed E-state index contributed by atoms with van der Waals surface area (Å²) in [6.07, 6.45) is 1.46. The summed E-state index contributed by atoms with van der Waals surface area (Å²) in [6.45, 7) is 1.99. The normalized spacial score (nSPS) is 10.3. The third kappa shape index (κ3) is 4.92. The van der Waals surface area contributed by atoms with Gasteiger partial charge in [0.05, 0.1) is 29.7 Å². The molecule has 0 radical (unpaired) electrons. The number of para-hydroxylation sites is 1. The van der Waals surface area contributed by atoms with Crippen LogP contribution in [0.1, 0.15) is 27.6 Å². The Morgan fingerprint density at radius 1 is 1.03 bits per heavy atom. The number of halogens is 2. The molecule has 6 nitrogen and oxygen atoms in total. The van der Waals surface area contributed by atoms with E-state index in [1.54, 1.807) is 37.3 Å². The van der Waals surface area contributed by atoms with Gasteiger partial charge in [-0.25, -0.2) is 18.6 Å². The number of esters is 1. The Labute approximate surface area is 165 Å². The van der Waals surface area contributed by atoms with E-state index in [-0.39, 0.29) is 18.0 Å². The summed E-state index contributed by atoms with van der Waals surface area (Å²) in [5, 5.41) is 5.57. The Balaban J connectivity index is 1.70. The van der Waals surface area contributed by atoms with Gasteiger partial charge in [-0.05, 0) is 49.4 Å². The second-order valence-electron chi connectivity index (χ2n) is 5.91. The largest absolute Gasteiger partial charge is 0.462 e. The molecule has 0 atom stereocenters. The maximum Gasteiger partial charge on any atom is 0.340 e. The Bertz CT molecular complexity index is 1040. The van der Waals surface area contributed by atoms with Crippen LogP contribution in [0.25, 0.3) is 0 Å². The number of pyridine rings is 1. The highest BCUT2D eigenvalue weighted by atomic mass is 19.2. The van der Waals surface area contributed by atoms with Gasteiger partial charge in [-0.15, -0.1) is 0 Å². The van der Waals surface area contributed by atoms with E-state index in [2.05, 4.69) is 15.6 Å². The lowest BCUT2D eigenvalue weighted by Gasteiger charge is -2.11. The van der Waals surface area contributed by atoms with Crippen molar-refractivity contribution in [2.24, 2.45) is 0 Å². The highest BCUT2D eigenvalue weighted by Crippen LogP contribution is 2.22. The second kappa shape index (κ2) is 8.92. The van der Waals surface area contributed by atoms with Crippen molar-refractivity contribution in [3.8, 4) is 0 Å². The van der Waals surface area contributed by atoms with E-state index in [1.165, 1.54) is 18.3 Å². The maximum atomic E-state index is 13.3. The van der Waals surface area contributed by atoms with Crippen LogP contribution in [-0.2, 0) is 4.74 Å². The maximum absolute atomic E-state index is 13.3. The molecule has 148 valence electrons. The summed E-state index contributed by atoms with van der Waals surface area (Å²) < 4.78 is 31.3. The number of nitrogens with zero attached hydrogens (tertiary/aromatic N) is 1. The molecule has 2 aromatic carbocycles. The molecule has 0 saturated carbocycles. The third-order valence-corrected chi connectivity index (χ3v) is 3.89. The summed E-state index contributed by atoms with van der Waals surface area (Å²) in [4.78, 5) is 28.3. The molecule has 2 N–H and O–H groups in total. The van der Waals surface area contributed by atoms with Crippen LogP contribution in [0.3, 0.4) is 0 Å². The smallest absolute Gasteiger partial charge is 0.340 e. The predicted octanol–water partition coefficient (Wildman–Crippen LogP) is 4.53. The lowest BCUT2D eigenvalue weighted by Crippen LogP contribution is -2.13. The topological polar surface area (TPSA) is 80.3 Å². The molecule has 0 fully saturated rings. The van der Waals surface area contributed by atoms with Gasteiger partial charge < -0.3 is 15.4 Å². The number of hydrogen-bond acceptors (Lipinski definition) is 5. The molecule has 29 heavy (non-hydrogen) atoms. The second-order valence-corrected chi connectivity index (χ2v) is 5.91. The minimum atomic E-state index is -1.11. The molecule has 8 heteroatoms. The number of aromatic nitrogens is 1. The fourth-order valence-corrected chi connectivity index (χ4v) is 2.50. The highest BCUT2D eigenvalue weighted by molar-refractivity contribution is 6.03. The number of amides is 1. The number of hydrogen-bond donors (Lipinski definition) is 2. The monoisotopic (exact) mass is 397 g/mol. The van der Waals surface area contributed by atoms with Crippen LogP contribution in [0.4, 0.5) is 26.0 Å². The number of nitrogens with one attached hydrogen (secondary N) is 2. The minimum absolute atomic E-state index is 0.0312. The summed E-state index contributed by atoms with van der Waals surface area (Å²) in [5.41, 5.74) is 1.47. The van der Waals surface area contributed by atoms with Crippen LogP contribution >= 0.6 is 0 Å². The first-order valence-corrected chi connectivity index (χ1v) is 8.73. The van der Waals surface area contributed by atoms with E-state index in [9.17, 15) is 18.4 Å². The number of anilines is 3. The number of carbonyl (C=O) groups excluding carboxylic acids is 2. The molecule has 1 heterocycles. The van der Waals surface area contributed by atoms with Crippen molar-refractivity contribution in [3.63, 3.8) is 0 Å². The molecule has 3 aromatic rings. The van der Waals surface area contributed by atoms with Gasteiger partial charge in [-0.3, -0.25) is 4.79 Å². The van der Waals surface area contributed by atoms with Crippen molar-refractivity contribution in [1.29, 1.82) is 0 Å². The SMILES string of the molecule is CCOC(=O)c1ccccc1Nc1ccc(NC(=O)c2ccc(F)c(F)c2)nc1. The van der Waals surface area contributed by atoms with Crippen molar-refractivity contribution in [1.82, 2.24) is 4.98 Å². The first kappa shape index (κ1) is 19.9. The number of rotatable bonds is 6. The van der Waals surface area contributed by atoms with E-state index >= 15 is 0 Å². The van der Waals surface area contributed by atoms with Gasteiger partial charge in [0.2, 0.25) is 0 Å². The average Bonchev–Trinajstić information content (AvgIpc) is 2.72. The van der Waals surface area contributed by atoms with E-state index in [4.69, 9.17) is 4.74 Å². The summed E-state index contributed by atoms with van der Waals surface area (Å²) in [5.74, 6) is -2.98. The zero-order valence-electron chi connectivity index (χ0n) is 15.4. The van der Waals surface area contributed by atoms with Crippen molar-refractivity contribution >= 4 is 29.1 Å². The number of carbonyl (C=O) groups is 2. The van der Waals surface area contributed by atoms with Crippen LogP contribution in [-0.4, -0.2) is 23.5 Å². The average molecular weight is 397 g/mol. The Morgan fingerprint density at radius 2 is 1.83 bits per heavy atom. The number of ether oxygens (including phenoxy) is 1. The summed E-state index contributed by atoms with van der Waals surface area (Å²) in [7, 11) is 0. The molecule has 0 spiro atoms. The van der Waals surface area contributed by atoms with Crippen LogP contribution in [0.15, 0.2) is 60.8 Å². The zero-order chi connectivity index (χ0) is 20.8. The lowest BCUT2D eigenvalue weighted by atomic mass is 10.1. The van der Waals surface area contributed by atoms with Gasteiger partial charge in [-0.2, -0.15) is 0 Å². The fraction of sp³-hybridized carbons (Fsp3) is 0.0952. The summed E-state index contributed by atoms with van der Waals surface area (Å²) >= 11 is 0. The Kier molecular flexibility index (Phi) is 6.13. The molecule has 1 aromatic heterocycles. The molecule has 0 aliphatic rings. The van der Waals surface area contributed by atoms with Crippen molar-refractivity contribution in [2.75, 3.05) is 17.2 Å². The third-order valence-electron chi connectivity index (χ3n) is 3.89. The van der Waals surface area contributed by atoms with Gasteiger partial charge in [0.1, 0.15) is 5.82 Å². The van der Waals surface area contributed by atoms with Crippen LogP contribution in [0, 0.1) is 11.6 Å². The van der Waals surface area contributed by atoms with Crippen molar-refractivity contribution in [3.05, 3.63) is 83.6 Å². The zero-order valence-corrected chi connectivity index (χ0v) is 15.4. The molecule has 0 aliphatic carbocycles. The van der Waals surface area contributed by atoms with Crippen molar-refractivity contribution in [2.45, 2.75) is 6.92 Å². The molecule has 1 amide bonds. The van der Waals surface area contributed by atoms with Gasteiger partial charge in [0.25, 0.3) is 5.91 Å². The molecule has 0 aliphatic heterocycles. The minimum Gasteiger partial charge on any atom is -0.462 e. The van der Waals surface area contributed by atoms with Gasteiger partial charge >= 0.3 is 5.97 Å². The van der Waals surface area contributed by atoms with Crippen LogP contribution < -0.4 is 10.6 Å². The molecule has 0 unspecified atom stereocenters. The lowest BCUT2D eigenvalue weighted by molar-refractivity contribution is 0.0527. The highest BCUT2D eigenvalue weighted by Gasteiger charge is 2.13. The first-order valence-electron chi connectivity index (χ1n) is 8.73. The van der Waals surface area contributed by atoms with Crippen LogP contribution in [0.2, 0.25) is 0 Å². The molecule has 3 rings (SSSR count). The molecular weight excluding hydrogens is 380 g/mol. The molecule has 0 bridgehead atoms. The molecular formula is C21H17F2N3O3. The Morgan fingerprint density at radius 3 is 2.52 bits per heavy atom. The quantitative estimate of drug-likeness (QED) is 0.598. The van der Waals surface area contributed by atoms with Gasteiger partial charge in [-0.1, -0.05) is 12.1 Å². The number of benzene rings is 2. The van der Waals surface area contributed by atoms with Crippen molar-refractivity contribution < 1.29 is 23.1 Å². The Hall–Kier alpha value is -3.81. The molecule has 0 saturated heterocycles. The van der Waals surface area contributed by atoms with E-state index in [0.29, 0.717) is 16.9 Å². The van der Waals surface area contributed by atoms with E-state index in [1.807, 2.05) is 0 Å². The standard InChI is InChI=1S/C21H17F2N3O3/c1-2-29-21(28)15-5-3-4-6-18(15)25-14-8-10-19(24-12-14)26-20(27)13-7-9-16(22)17(23)11-13/h3-12,25H,2H2,1H3,(H,24,26,27). The van der Waals surface area contributed by atoms with E-state index in [0.717, 1.165) is 12.1 Å². The predicted molar refractivity (Wildman–Crippen MR) is 104 cm³/mol. The first-order chi connectivity index (χ1) is 14.0. The van der Waals surface area contributed by atoms with E-state index < -0.39 is 23.5 Å². The fourth-order valence-electron chi connectivity index (χ4n) is 2.50. The van der Waals surface area contributed by atoms with Gasteiger partial charge in [0, 0.05) is 5.56 Å². The van der Waals surface area contributed by atoms with Crippen LogP contribution in [0.5, 0.6) is 0 Å².